The average Bonchev–Trinajstić information content (AvgIpc) is 3.94. The van der Waals surface area contributed by atoms with E-state index in [4.69, 9.17) is 0 Å². The van der Waals surface area contributed by atoms with Gasteiger partial charge in [0, 0.05) is 65.4 Å². The fourth-order valence-electron chi connectivity index (χ4n) is 8.78. The Morgan fingerprint density at radius 1 is 0.385 bits per heavy atom. The fraction of sp³-hybridized carbons (Fsp3) is 0. The van der Waals surface area contributed by atoms with Crippen LogP contribution in [-0.4, -0.2) is 18.7 Å². The van der Waals surface area contributed by atoms with E-state index in [2.05, 4.69) is 176 Å². The van der Waals surface area contributed by atoms with E-state index in [1.54, 1.807) is 0 Å². The van der Waals surface area contributed by atoms with Gasteiger partial charge >= 0.3 is 0 Å². The molecule has 0 N–H and O–H groups in total. The van der Waals surface area contributed by atoms with Crippen molar-refractivity contribution in [1.29, 1.82) is 0 Å². The SMILES string of the molecule is c1ccc(-n2c3ccc(-n4c5ccccc5c5ccc6c7ccccc7n(-c7cccc8c7sc7ccccc78)c6c54)cc3c3ccncc32)cc1. The molecule has 0 atom stereocenters. The van der Waals surface area contributed by atoms with Gasteiger partial charge in [-0.05, 0) is 60.7 Å². The molecule has 12 rings (SSSR count). The van der Waals surface area contributed by atoms with Crippen molar-refractivity contribution >= 4 is 96.9 Å². The Balaban J connectivity index is 1.25. The summed E-state index contributed by atoms with van der Waals surface area (Å²) < 4.78 is 9.97. The molecule has 0 saturated carbocycles. The van der Waals surface area contributed by atoms with Gasteiger partial charge in [-0.2, -0.15) is 0 Å². The first-order chi connectivity index (χ1) is 25.8. The van der Waals surface area contributed by atoms with Crippen molar-refractivity contribution in [2.45, 2.75) is 0 Å². The maximum atomic E-state index is 4.55. The van der Waals surface area contributed by atoms with Crippen LogP contribution in [0.5, 0.6) is 0 Å². The van der Waals surface area contributed by atoms with E-state index in [0.29, 0.717) is 0 Å². The van der Waals surface area contributed by atoms with Crippen molar-refractivity contribution < 1.29 is 0 Å². The highest BCUT2D eigenvalue weighted by Crippen LogP contribution is 2.45. The van der Waals surface area contributed by atoms with Crippen molar-refractivity contribution in [3.05, 3.63) is 170 Å². The van der Waals surface area contributed by atoms with E-state index >= 15 is 0 Å². The van der Waals surface area contributed by atoms with Gasteiger partial charge in [-0.1, -0.05) is 97.1 Å². The molecule has 4 nitrogen and oxygen atoms in total. The number of benzene rings is 7. The molecule has 0 fully saturated rings. The summed E-state index contributed by atoms with van der Waals surface area (Å²) in [6.07, 6.45) is 3.89. The summed E-state index contributed by atoms with van der Waals surface area (Å²) >= 11 is 1.88. The van der Waals surface area contributed by atoms with Crippen molar-refractivity contribution in [2.24, 2.45) is 0 Å². The minimum atomic E-state index is 1.10. The molecular weight excluding hydrogens is 653 g/mol. The third-order valence-electron chi connectivity index (χ3n) is 10.9. The molecule has 0 saturated heterocycles. The number of nitrogens with zero attached hydrogens (tertiary/aromatic N) is 4. The zero-order valence-electron chi connectivity index (χ0n) is 27.9. The summed E-state index contributed by atoms with van der Waals surface area (Å²) in [6, 6.07) is 57.7. The lowest BCUT2D eigenvalue weighted by Crippen LogP contribution is -1.99. The highest BCUT2D eigenvalue weighted by atomic mass is 32.1. The highest BCUT2D eigenvalue weighted by molar-refractivity contribution is 7.26. The van der Waals surface area contributed by atoms with E-state index in [-0.39, 0.29) is 0 Å². The van der Waals surface area contributed by atoms with Gasteiger partial charge in [-0.25, -0.2) is 0 Å². The second kappa shape index (κ2) is 10.4. The minimum Gasteiger partial charge on any atom is -0.308 e. The van der Waals surface area contributed by atoms with Gasteiger partial charge in [0.25, 0.3) is 0 Å². The zero-order chi connectivity index (χ0) is 33.9. The summed E-state index contributed by atoms with van der Waals surface area (Å²) in [5, 5.41) is 9.98. The van der Waals surface area contributed by atoms with Crippen LogP contribution in [0.25, 0.3) is 103 Å². The molecule has 52 heavy (non-hydrogen) atoms. The molecule has 0 bridgehead atoms. The number of aromatic nitrogens is 4. The first-order valence-electron chi connectivity index (χ1n) is 17.6. The molecule has 242 valence electrons. The lowest BCUT2D eigenvalue weighted by molar-refractivity contribution is 1.15. The van der Waals surface area contributed by atoms with Gasteiger partial charge in [0.15, 0.2) is 0 Å². The standard InChI is InChI=1S/C47H28N4S/c1-2-11-29(12-3-1)49-41-24-21-30(27-38(41)33-25-26-48-28-43(33)49)50-39-17-7-4-13-31(39)35-22-23-36-32-14-5-8-18-40(32)51(46(36)45(35)50)42-19-10-16-37-34-15-6-9-20-44(34)52-47(37)42/h1-28H. The van der Waals surface area contributed by atoms with Crippen LogP contribution in [0.4, 0.5) is 0 Å². The molecular formula is C47H28N4S. The number of hydrogen-bond acceptors (Lipinski definition) is 2. The Hall–Kier alpha value is -6.69. The summed E-state index contributed by atoms with van der Waals surface area (Å²) in [4.78, 5) is 4.55. The first kappa shape index (κ1) is 28.1. The van der Waals surface area contributed by atoms with Crippen LogP contribution >= 0.6 is 11.3 Å². The van der Waals surface area contributed by atoms with Crippen LogP contribution in [0.15, 0.2) is 170 Å². The van der Waals surface area contributed by atoms with Crippen molar-refractivity contribution in [2.75, 3.05) is 0 Å². The van der Waals surface area contributed by atoms with Crippen molar-refractivity contribution in [3.63, 3.8) is 0 Å². The van der Waals surface area contributed by atoms with E-state index in [0.717, 1.165) is 22.4 Å². The molecule has 5 heterocycles. The molecule has 0 aliphatic rings. The van der Waals surface area contributed by atoms with Gasteiger partial charge in [0.05, 0.1) is 49.7 Å². The summed E-state index contributed by atoms with van der Waals surface area (Å²) in [5.41, 5.74) is 10.6. The van der Waals surface area contributed by atoms with Crippen LogP contribution < -0.4 is 0 Å². The van der Waals surface area contributed by atoms with Gasteiger partial charge in [-0.15, -0.1) is 11.3 Å². The maximum Gasteiger partial charge on any atom is 0.0789 e. The third-order valence-corrected chi connectivity index (χ3v) is 12.1. The maximum absolute atomic E-state index is 4.55. The minimum absolute atomic E-state index is 1.10. The number of rotatable bonds is 3. The molecule has 0 radical (unpaired) electrons. The number of thiophene rings is 1. The van der Waals surface area contributed by atoms with Gasteiger partial charge in [0.1, 0.15) is 0 Å². The van der Waals surface area contributed by atoms with Gasteiger partial charge < -0.3 is 13.7 Å². The van der Waals surface area contributed by atoms with Gasteiger partial charge in [0.2, 0.25) is 0 Å². The largest absolute Gasteiger partial charge is 0.308 e. The van der Waals surface area contributed by atoms with Crippen LogP contribution in [0, 0.1) is 0 Å². The molecule has 0 unspecified atom stereocenters. The topological polar surface area (TPSA) is 27.7 Å². The average molecular weight is 681 g/mol. The second-order valence-corrected chi connectivity index (χ2v) is 14.6. The van der Waals surface area contributed by atoms with Crippen LogP contribution in [0.3, 0.4) is 0 Å². The number of para-hydroxylation sites is 3. The second-order valence-electron chi connectivity index (χ2n) is 13.6. The Morgan fingerprint density at radius 2 is 1.02 bits per heavy atom. The normalized spacial score (nSPS) is 12.2. The number of hydrogen-bond donors (Lipinski definition) is 0. The molecule has 0 aliphatic heterocycles. The zero-order valence-corrected chi connectivity index (χ0v) is 28.7. The van der Waals surface area contributed by atoms with E-state index in [9.17, 15) is 0 Å². The highest BCUT2D eigenvalue weighted by Gasteiger charge is 2.23. The lowest BCUT2D eigenvalue weighted by Gasteiger charge is -2.14. The van der Waals surface area contributed by atoms with Crippen LogP contribution in [-0.2, 0) is 0 Å². The Labute approximate surface area is 301 Å². The third kappa shape index (κ3) is 3.67. The monoisotopic (exact) mass is 680 g/mol. The molecule has 5 aromatic heterocycles. The summed E-state index contributed by atoms with van der Waals surface area (Å²) in [6.45, 7) is 0. The summed E-state index contributed by atoms with van der Waals surface area (Å²) in [5.74, 6) is 0. The molecule has 0 amide bonds. The Morgan fingerprint density at radius 3 is 1.83 bits per heavy atom. The van der Waals surface area contributed by atoms with Crippen LogP contribution in [0.1, 0.15) is 0 Å². The van der Waals surface area contributed by atoms with Gasteiger partial charge in [-0.3, -0.25) is 4.98 Å². The molecule has 5 heteroatoms. The molecule has 0 aliphatic carbocycles. The Bertz CT molecular complexity index is 3410. The van der Waals surface area contributed by atoms with Crippen LogP contribution in [0.2, 0.25) is 0 Å². The van der Waals surface area contributed by atoms with Crippen molar-refractivity contribution in [1.82, 2.24) is 18.7 Å². The van der Waals surface area contributed by atoms with E-state index in [1.165, 1.54) is 80.2 Å². The van der Waals surface area contributed by atoms with E-state index in [1.807, 2.05) is 23.7 Å². The fourth-order valence-corrected chi connectivity index (χ4v) is 9.98. The molecule has 12 aromatic rings. The lowest BCUT2D eigenvalue weighted by atomic mass is 10.1. The number of fused-ring (bicyclic) bond motifs is 13. The predicted octanol–water partition coefficient (Wildman–Crippen LogP) is 12.7. The Kier molecular flexibility index (Phi) is 5.62. The molecule has 0 spiro atoms. The smallest absolute Gasteiger partial charge is 0.0789 e. The first-order valence-corrected chi connectivity index (χ1v) is 18.4. The quantitative estimate of drug-likeness (QED) is 0.182. The van der Waals surface area contributed by atoms with E-state index < -0.39 is 0 Å². The summed E-state index contributed by atoms with van der Waals surface area (Å²) in [7, 11) is 0. The number of pyridine rings is 1. The van der Waals surface area contributed by atoms with Crippen molar-refractivity contribution in [3.8, 4) is 17.1 Å². The molecule has 7 aromatic carbocycles. The predicted molar refractivity (Wildman–Crippen MR) is 220 cm³/mol.